The molecule has 26 heavy (non-hydrogen) atoms. The van der Waals surface area contributed by atoms with Gasteiger partial charge in [-0.3, -0.25) is 4.99 Å². The van der Waals surface area contributed by atoms with Crippen LogP contribution in [0.4, 0.5) is 11.4 Å². The molecule has 0 unspecified atom stereocenters. The summed E-state index contributed by atoms with van der Waals surface area (Å²) in [5.74, 6) is 0.972. The van der Waals surface area contributed by atoms with E-state index in [4.69, 9.17) is 16.6 Å². The van der Waals surface area contributed by atoms with Gasteiger partial charge in [-0.15, -0.1) is 0 Å². The molecule has 0 bridgehead atoms. The highest BCUT2D eigenvalue weighted by Crippen LogP contribution is 2.41. The van der Waals surface area contributed by atoms with E-state index in [9.17, 15) is 5.26 Å². The molecule has 1 saturated carbocycles. The van der Waals surface area contributed by atoms with Crippen LogP contribution in [0.1, 0.15) is 43.2 Å². The van der Waals surface area contributed by atoms with E-state index in [0.717, 1.165) is 53.5 Å². The minimum atomic E-state index is -0.212. The Hall–Kier alpha value is -2.51. The van der Waals surface area contributed by atoms with Crippen LogP contribution in [0.25, 0.3) is 0 Å². The quantitative estimate of drug-likeness (QED) is 0.755. The summed E-state index contributed by atoms with van der Waals surface area (Å²) in [7, 11) is 0. The molecule has 5 heteroatoms. The van der Waals surface area contributed by atoms with Gasteiger partial charge in [0.15, 0.2) is 0 Å². The molecule has 1 spiro atoms. The van der Waals surface area contributed by atoms with Crippen LogP contribution >= 0.6 is 11.6 Å². The van der Waals surface area contributed by atoms with E-state index in [2.05, 4.69) is 16.7 Å². The number of nitriles is 1. The minimum Gasteiger partial charge on any atom is -0.370 e. The minimum absolute atomic E-state index is 0.212. The lowest BCUT2D eigenvalue weighted by atomic mass is 9.78. The average Bonchev–Trinajstić information content (AvgIpc) is 2.67. The van der Waals surface area contributed by atoms with Gasteiger partial charge in [0.25, 0.3) is 0 Å². The van der Waals surface area contributed by atoms with Gasteiger partial charge < -0.3 is 10.6 Å². The molecular formula is C21H21ClN4. The topological polar surface area (TPSA) is 60.2 Å². The molecule has 1 aliphatic heterocycles. The zero-order chi connectivity index (χ0) is 18.0. The van der Waals surface area contributed by atoms with Gasteiger partial charge in [0, 0.05) is 5.02 Å². The van der Waals surface area contributed by atoms with Crippen molar-refractivity contribution in [1.29, 1.82) is 5.26 Å². The van der Waals surface area contributed by atoms with Gasteiger partial charge in [-0.1, -0.05) is 49.1 Å². The molecular weight excluding hydrogens is 344 g/mol. The molecule has 1 aliphatic carbocycles. The summed E-state index contributed by atoms with van der Waals surface area (Å²) in [5.41, 5.74) is 3.38. The van der Waals surface area contributed by atoms with E-state index in [-0.39, 0.29) is 5.54 Å². The van der Waals surface area contributed by atoms with Crippen molar-refractivity contribution in [2.24, 2.45) is 4.99 Å². The third kappa shape index (κ3) is 3.15. The number of fused-ring (bicyclic) bond motifs is 1. The van der Waals surface area contributed by atoms with Crippen LogP contribution in [-0.4, -0.2) is 11.4 Å². The second kappa shape index (κ2) is 7.01. The van der Waals surface area contributed by atoms with Crippen molar-refractivity contribution in [3.8, 4) is 6.07 Å². The van der Waals surface area contributed by atoms with E-state index in [1.807, 2.05) is 42.5 Å². The number of aliphatic imine (C=N–C) groups is 1. The largest absolute Gasteiger partial charge is 0.370 e. The van der Waals surface area contributed by atoms with Crippen LogP contribution in [-0.2, 0) is 6.54 Å². The Morgan fingerprint density at radius 2 is 1.92 bits per heavy atom. The van der Waals surface area contributed by atoms with Crippen LogP contribution in [0, 0.1) is 11.3 Å². The van der Waals surface area contributed by atoms with Crippen molar-refractivity contribution in [3.05, 3.63) is 58.6 Å². The van der Waals surface area contributed by atoms with Gasteiger partial charge in [-0.25, -0.2) is 0 Å². The summed E-state index contributed by atoms with van der Waals surface area (Å²) in [6, 6.07) is 15.9. The van der Waals surface area contributed by atoms with E-state index in [0.29, 0.717) is 12.1 Å². The van der Waals surface area contributed by atoms with Crippen LogP contribution in [0.3, 0.4) is 0 Å². The molecule has 2 aliphatic rings. The lowest BCUT2D eigenvalue weighted by molar-refractivity contribution is 0.402. The van der Waals surface area contributed by atoms with E-state index in [1.54, 1.807) is 0 Å². The summed E-state index contributed by atoms with van der Waals surface area (Å²) in [5, 5.41) is 17.4. The predicted molar refractivity (Wildman–Crippen MR) is 107 cm³/mol. The van der Waals surface area contributed by atoms with E-state index < -0.39 is 0 Å². The zero-order valence-electron chi connectivity index (χ0n) is 14.6. The monoisotopic (exact) mass is 364 g/mol. The second-order valence-corrected chi connectivity index (χ2v) is 7.46. The lowest BCUT2D eigenvalue weighted by Crippen LogP contribution is -2.54. The maximum atomic E-state index is 9.46. The molecule has 1 heterocycles. The number of nitrogens with zero attached hydrogens (tertiary/aromatic N) is 2. The van der Waals surface area contributed by atoms with Crippen LogP contribution in [0.15, 0.2) is 47.5 Å². The summed E-state index contributed by atoms with van der Waals surface area (Å²) in [6.45, 7) is 0.583. The second-order valence-electron chi connectivity index (χ2n) is 7.03. The SMILES string of the molecule is N#Cc1cccc2c1NC1(CCCCC1)C(=NCc1cccc(Cl)c1)N2. The molecule has 0 saturated heterocycles. The summed E-state index contributed by atoms with van der Waals surface area (Å²) in [4.78, 5) is 4.93. The van der Waals surface area contributed by atoms with Crippen molar-refractivity contribution in [1.82, 2.24) is 0 Å². The normalized spacial score (nSPS) is 19.3. The first-order chi connectivity index (χ1) is 12.7. The molecule has 2 aromatic rings. The number of hydrogen-bond donors (Lipinski definition) is 2. The number of nitrogens with one attached hydrogen (secondary N) is 2. The third-order valence-electron chi connectivity index (χ3n) is 5.27. The van der Waals surface area contributed by atoms with E-state index in [1.165, 1.54) is 6.42 Å². The van der Waals surface area contributed by atoms with Crippen molar-refractivity contribution >= 4 is 28.8 Å². The van der Waals surface area contributed by atoms with Crippen LogP contribution in [0.2, 0.25) is 5.02 Å². The molecule has 2 N–H and O–H groups in total. The Morgan fingerprint density at radius 3 is 2.69 bits per heavy atom. The Morgan fingerprint density at radius 1 is 1.12 bits per heavy atom. The smallest absolute Gasteiger partial charge is 0.127 e. The number of amidine groups is 1. The highest BCUT2D eigenvalue weighted by Gasteiger charge is 2.41. The van der Waals surface area contributed by atoms with Crippen molar-refractivity contribution in [2.75, 3.05) is 10.6 Å². The highest BCUT2D eigenvalue weighted by atomic mass is 35.5. The van der Waals surface area contributed by atoms with Gasteiger partial charge in [-0.05, 0) is 42.7 Å². The zero-order valence-corrected chi connectivity index (χ0v) is 15.3. The summed E-state index contributed by atoms with van der Waals surface area (Å²) >= 11 is 6.10. The number of benzene rings is 2. The Bertz CT molecular complexity index is 891. The highest BCUT2D eigenvalue weighted by molar-refractivity contribution is 6.30. The Balaban J connectivity index is 1.71. The average molecular weight is 365 g/mol. The third-order valence-corrected chi connectivity index (χ3v) is 5.51. The maximum Gasteiger partial charge on any atom is 0.127 e. The molecule has 2 aromatic carbocycles. The van der Waals surface area contributed by atoms with Crippen LogP contribution in [0.5, 0.6) is 0 Å². The molecule has 132 valence electrons. The van der Waals surface area contributed by atoms with Gasteiger partial charge in [0.05, 0.1) is 29.0 Å². The first kappa shape index (κ1) is 16.9. The number of hydrogen-bond acceptors (Lipinski definition) is 3. The van der Waals surface area contributed by atoms with Gasteiger partial charge in [-0.2, -0.15) is 5.26 Å². The van der Waals surface area contributed by atoms with Gasteiger partial charge in [0.2, 0.25) is 0 Å². The van der Waals surface area contributed by atoms with Crippen molar-refractivity contribution in [3.63, 3.8) is 0 Å². The first-order valence-corrected chi connectivity index (χ1v) is 9.46. The standard InChI is InChI=1S/C21H21ClN4/c22-17-8-4-6-15(12-17)14-24-20-21(10-2-1-3-11-21)26-19-16(13-23)7-5-9-18(19)25-20/h4-9,12,26H,1-3,10-11,14H2,(H,24,25). The Kier molecular flexibility index (Phi) is 4.57. The number of para-hydroxylation sites is 1. The Labute approximate surface area is 158 Å². The molecule has 4 rings (SSSR count). The fraction of sp³-hybridized carbons (Fsp3) is 0.333. The molecule has 0 amide bonds. The molecule has 0 radical (unpaired) electrons. The lowest BCUT2D eigenvalue weighted by Gasteiger charge is -2.44. The maximum absolute atomic E-state index is 9.46. The molecule has 0 aromatic heterocycles. The van der Waals surface area contributed by atoms with Crippen LogP contribution < -0.4 is 10.6 Å². The molecule has 1 fully saturated rings. The van der Waals surface area contributed by atoms with Crippen molar-refractivity contribution < 1.29 is 0 Å². The number of halogens is 1. The fourth-order valence-corrected chi connectivity index (χ4v) is 4.16. The summed E-state index contributed by atoms with van der Waals surface area (Å²) < 4.78 is 0. The fourth-order valence-electron chi connectivity index (χ4n) is 3.94. The first-order valence-electron chi connectivity index (χ1n) is 9.08. The predicted octanol–water partition coefficient (Wildman–Crippen LogP) is 5.35. The van der Waals surface area contributed by atoms with E-state index >= 15 is 0 Å². The van der Waals surface area contributed by atoms with Gasteiger partial charge >= 0.3 is 0 Å². The number of rotatable bonds is 2. The summed E-state index contributed by atoms with van der Waals surface area (Å²) in [6.07, 6.45) is 5.61. The molecule has 0 atom stereocenters. The van der Waals surface area contributed by atoms with Gasteiger partial charge in [0.1, 0.15) is 11.9 Å². The number of anilines is 2. The van der Waals surface area contributed by atoms with Crippen molar-refractivity contribution in [2.45, 2.75) is 44.2 Å². The molecule has 4 nitrogen and oxygen atoms in total.